The van der Waals surface area contributed by atoms with Crippen LogP contribution in [0.1, 0.15) is 78.6 Å². The fourth-order valence-corrected chi connectivity index (χ4v) is 9.99. The van der Waals surface area contributed by atoms with Crippen LogP contribution in [0.25, 0.3) is 0 Å². The predicted octanol–water partition coefficient (Wildman–Crippen LogP) is 3.79. The minimum atomic E-state index is -0.855. The first-order valence-electron chi connectivity index (χ1n) is 12.5. The van der Waals surface area contributed by atoms with Gasteiger partial charge in [0.25, 0.3) is 0 Å². The van der Waals surface area contributed by atoms with Crippen LogP contribution in [0.15, 0.2) is 11.3 Å². The maximum atomic E-state index is 13.1. The standard InChI is InChI=1S/C26H34N2O4/c1-4-31-26-12-11-22(2)16(5-9-25(22)10-7-18(30)32-25)19(26)15-13-24(14-27)20(21(15)28)17(29)6-8-23(24,26)3/h15-16,19H,4-13,28H2,1-3H3/t15?,16?,19?,22?,23?,24-,25+,26+/m0/s1. The lowest BCUT2D eigenvalue weighted by Gasteiger charge is -2.68. The molecule has 6 nitrogen and oxygen atoms in total. The van der Waals surface area contributed by atoms with Gasteiger partial charge in [0.15, 0.2) is 5.78 Å². The molecular weight excluding hydrogens is 404 g/mol. The van der Waals surface area contributed by atoms with Crippen LogP contribution in [0, 0.1) is 45.3 Å². The Morgan fingerprint density at radius 1 is 1.16 bits per heavy atom. The molecular formula is C26H34N2O4. The molecule has 6 rings (SSSR count). The molecule has 0 aromatic rings. The van der Waals surface area contributed by atoms with E-state index in [-0.39, 0.29) is 34.6 Å². The molecule has 5 aliphatic carbocycles. The van der Waals surface area contributed by atoms with Gasteiger partial charge in [-0.2, -0.15) is 5.26 Å². The molecule has 1 spiro atoms. The summed E-state index contributed by atoms with van der Waals surface area (Å²) in [5.41, 5.74) is 5.74. The van der Waals surface area contributed by atoms with Crippen molar-refractivity contribution in [2.75, 3.05) is 6.61 Å². The molecule has 2 bridgehead atoms. The molecule has 0 aromatic carbocycles. The summed E-state index contributed by atoms with van der Waals surface area (Å²) < 4.78 is 12.9. The number of nitriles is 1. The smallest absolute Gasteiger partial charge is 0.306 e. The predicted molar refractivity (Wildman–Crippen MR) is 116 cm³/mol. The molecule has 4 saturated carbocycles. The molecule has 1 saturated heterocycles. The van der Waals surface area contributed by atoms with Crippen molar-refractivity contribution >= 4 is 11.8 Å². The van der Waals surface area contributed by atoms with E-state index >= 15 is 0 Å². The van der Waals surface area contributed by atoms with Crippen LogP contribution < -0.4 is 5.73 Å². The third-order valence-electron chi connectivity index (χ3n) is 11.4. The molecule has 8 atom stereocenters. The van der Waals surface area contributed by atoms with Crippen molar-refractivity contribution in [3.05, 3.63) is 11.3 Å². The maximum absolute atomic E-state index is 13.1. The Hall–Kier alpha value is -1.87. The van der Waals surface area contributed by atoms with Gasteiger partial charge in [0.05, 0.1) is 17.1 Å². The van der Waals surface area contributed by atoms with Gasteiger partial charge in [0.2, 0.25) is 0 Å². The van der Waals surface area contributed by atoms with E-state index < -0.39 is 16.4 Å². The lowest BCUT2D eigenvalue weighted by molar-refractivity contribution is -0.275. The Morgan fingerprint density at radius 3 is 2.59 bits per heavy atom. The van der Waals surface area contributed by atoms with Gasteiger partial charge >= 0.3 is 5.97 Å². The molecule has 172 valence electrons. The Morgan fingerprint density at radius 2 is 1.94 bits per heavy atom. The number of ether oxygens (including phenoxy) is 2. The summed E-state index contributed by atoms with van der Waals surface area (Å²) in [5, 5.41) is 10.6. The van der Waals surface area contributed by atoms with Crippen LogP contribution >= 0.6 is 0 Å². The third kappa shape index (κ3) is 1.87. The zero-order valence-electron chi connectivity index (χ0n) is 19.5. The van der Waals surface area contributed by atoms with Crippen LogP contribution in [0.4, 0.5) is 0 Å². The van der Waals surface area contributed by atoms with Gasteiger partial charge in [0.1, 0.15) is 5.60 Å². The molecule has 5 fully saturated rings. The second-order valence-electron chi connectivity index (χ2n) is 11.8. The van der Waals surface area contributed by atoms with Crippen LogP contribution in [0.3, 0.4) is 0 Å². The van der Waals surface area contributed by atoms with E-state index in [9.17, 15) is 14.9 Å². The van der Waals surface area contributed by atoms with Crippen LogP contribution in [-0.4, -0.2) is 29.6 Å². The third-order valence-corrected chi connectivity index (χ3v) is 11.4. The molecule has 0 amide bonds. The van der Waals surface area contributed by atoms with Crippen LogP contribution in [0.2, 0.25) is 0 Å². The van der Waals surface area contributed by atoms with Crippen molar-refractivity contribution in [2.24, 2.45) is 39.7 Å². The highest BCUT2D eigenvalue weighted by Crippen LogP contribution is 2.79. The van der Waals surface area contributed by atoms with E-state index in [0.717, 1.165) is 32.1 Å². The van der Waals surface area contributed by atoms with Gasteiger partial charge < -0.3 is 15.2 Å². The zero-order chi connectivity index (χ0) is 22.7. The Labute approximate surface area is 189 Å². The van der Waals surface area contributed by atoms with Gasteiger partial charge in [-0.25, -0.2) is 0 Å². The SMILES string of the molecule is CCO[C@]12CCC3(C)C(CC[C@@]34CCC(=O)O4)C1C1C[C@]3(C#N)C(=C1N)C(=O)CCC32C. The molecule has 5 unspecified atom stereocenters. The highest BCUT2D eigenvalue weighted by atomic mass is 16.6. The number of carbonyl (C=O) groups is 2. The summed E-state index contributed by atoms with van der Waals surface area (Å²) in [6, 6.07) is 2.64. The van der Waals surface area contributed by atoms with Gasteiger partial charge in [-0.3, -0.25) is 9.59 Å². The Balaban J connectivity index is 1.57. The Kier molecular flexibility index (Phi) is 3.87. The molecule has 0 radical (unpaired) electrons. The summed E-state index contributed by atoms with van der Waals surface area (Å²) in [6.45, 7) is 7.15. The number of esters is 1. The summed E-state index contributed by atoms with van der Waals surface area (Å²) in [4.78, 5) is 25.3. The molecule has 32 heavy (non-hydrogen) atoms. The van der Waals surface area contributed by atoms with Crippen molar-refractivity contribution in [2.45, 2.75) is 89.8 Å². The van der Waals surface area contributed by atoms with E-state index in [1.165, 1.54) is 0 Å². The quantitative estimate of drug-likeness (QED) is 0.658. The lowest BCUT2D eigenvalue weighted by Crippen LogP contribution is -2.71. The monoisotopic (exact) mass is 438 g/mol. The van der Waals surface area contributed by atoms with Crippen molar-refractivity contribution in [3.63, 3.8) is 0 Å². The summed E-state index contributed by atoms with van der Waals surface area (Å²) in [7, 11) is 0. The zero-order valence-corrected chi connectivity index (χ0v) is 19.5. The van der Waals surface area contributed by atoms with Crippen molar-refractivity contribution in [1.29, 1.82) is 5.26 Å². The summed E-state index contributed by atoms with van der Waals surface area (Å²) >= 11 is 0. The van der Waals surface area contributed by atoms with Gasteiger partial charge in [-0.1, -0.05) is 13.8 Å². The largest absolute Gasteiger partial charge is 0.458 e. The molecule has 1 aliphatic heterocycles. The lowest BCUT2D eigenvalue weighted by atomic mass is 9.37. The van der Waals surface area contributed by atoms with E-state index in [1.54, 1.807) is 0 Å². The first-order valence-corrected chi connectivity index (χ1v) is 12.5. The molecule has 2 N–H and O–H groups in total. The second-order valence-corrected chi connectivity index (χ2v) is 11.8. The van der Waals surface area contributed by atoms with Gasteiger partial charge in [-0.15, -0.1) is 0 Å². The first-order chi connectivity index (χ1) is 15.2. The number of ketones is 1. The number of nitrogens with two attached hydrogens (primary N) is 1. The second kappa shape index (κ2) is 5.97. The van der Waals surface area contributed by atoms with Crippen molar-refractivity contribution in [3.8, 4) is 6.07 Å². The van der Waals surface area contributed by atoms with Gasteiger partial charge in [-0.05, 0) is 57.8 Å². The number of carbonyl (C=O) groups excluding carboxylic acids is 2. The topological polar surface area (TPSA) is 102 Å². The normalized spacial score (nSPS) is 53.2. The van der Waals surface area contributed by atoms with Gasteiger partial charge in [0, 0.05) is 53.4 Å². The van der Waals surface area contributed by atoms with Crippen molar-refractivity contribution < 1.29 is 19.1 Å². The average Bonchev–Trinajstić information content (AvgIpc) is 3.38. The number of nitrogens with zero attached hydrogens (tertiary/aromatic N) is 1. The van der Waals surface area contributed by atoms with E-state index in [1.807, 2.05) is 6.92 Å². The minimum absolute atomic E-state index is 0.0248. The number of hydrogen-bond acceptors (Lipinski definition) is 6. The Bertz CT molecular complexity index is 1010. The van der Waals surface area contributed by atoms with Crippen LogP contribution in [-0.2, 0) is 19.1 Å². The molecule has 1 heterocycles. The summed E-state index contributed by atoms with van der Waals surface area (Å²) in [6.07, 6.45) is 6.64. The van der Waals surface area contributed by atoms with E-state index in [2.05, 4.69) is 19.9 Å². The fraction of sp³-hybridized carbons (Fsp3) is 0.808. The number of fused-ring (bicyclic) bond motifs is 7. The minimum Gasteiger partial charge on any atom is -0.458 e. The van der Waals surface area contributed by atoms with E-state index in [0.29, 0.717) is 49.5 Å². The van der Waals surface area contributed by atoms with Crippen LogP contribution in [0.5, 0.6) is 0 Å². The fourth-order valence-electron chi connectivity index (χ4n) is 9.99. The first kappa shape index (κ1) is 20.7. The number of hydrogen-bond donors (Lipinski definition) is 1. The summed E-state index contributed by atoms with van der Waals surface area (Å²) in [5.74, 6) is 0.389. The molecule has 6 heteroatoms. The number of rotatable bonds is 2. The highest BCUT2D eigenvalue weighted by Gasteiger charge is 2.80. The molecule has 0 aromatic heterocycles. The number of Topliss-reactive ketones (excluding diaryl/α,β-unsaturated/α-hetero) is 1. The maximum Gasteiger partial charge on any atom is 0.306 e. The molecule has 6 aliphatic rings. The number of allylic oxidation sites excluding steroid dienone is 2. The highest BCUT2D eigenvalue weighted by molar-refractivity contribution is 6.00. The average molecular weight is 439 g/mol. The van der Waals surface area contributed by atoms with Crippen molar-refractivity contribution in [1.82, 2.24) is 0 Å². The van der Waals surface area contributed by atoms with E-state index in [4.69, 9.17) is 15.2 Å².